The van der Waals surface area contributed by atoms with Crippen molar-refractivity contribution in [2.75, 3.05) is 39.7 Å². The minimum Gasteiger partial charge on any atom is -0.481 e. The lowest BCUT2D eigenvalue weighted by Crippen LogP contribution is -2.28. The molecule has 0 bridgehead atoms. The summed E-state index contributed by atoms with van der Waals surface area (Å²) in [6.45, 7) is 6.21. The van der Waals surface area contributed by atoms with Gasteiger partial charge in [-0.3, -0.25) is 0 Å². The van der Waals surface area contributed by atoms with Gasteiger partial charge in [0, 0.05) is 12.6 Å². The molecule has 0 saturated carbocycles. The first-order valence-corrected chi connectivity index (χ1v) is 6.48. The first kappa shape index (κ1) is 15.5. The van der Waals surface area contributed by atoms with Crippen molar-refractivity contribution < 1.29 is 9.47 Å². The second-order valence-corrected chi connectivity index (χ2v) is 4.63. The van der Waals surface area contributed by atoms with Crippen molar-refractivity contribution in [2.24, 2.45) is 0 Å². The highest BCUT2D eigenvalue weighted by atomic mass is 16.5. The van der Waals surface area contributed by atoms with Crippen LogP contribution in [0.2, 0.25) is 0 Å². The number of methoxy groups -OCH3 is 2. The maximum atomic E-state index is 5.09. The Morgan fingerprint density at radius 2 is 1.79 bits per heavy atom. The van der Waals surface area contributed by atoms with Gasteiger partial charge in [-0.1, -0.05) is 0 Å². The Kier molecular flexibility index (Phi) is 6.35. The van der Waals surface area contributed by atoms with Crippen LogP contribution in [0.15, 0.2) is 6.07 Å². The summed E-state index contributed by atoms with van der Waals surface area (Å²) >= 11 is 0. The highest BCUT2D eigenvalue weighted by Gasteiger charge is 2.05. The van der Waals surface area contributed by atoms with Crippen LogP contribution in [0.25, 0.3) is 0 Å². The predicted octanol–water partition coefficient (Wildman–Crippen LogP) is 1.64. The van der Waals surface area contributed by atoms with E-state index in [1.54, 1.807) is 20.3 Å². The summed E-state index contributed by atoms with van der Waals surface area (Å²) in [6, 6.07) is 2.21. The van der Waals surface area contributed by atoms with E-state index in [0.717, 1.165) is 19.5 Å². The Morgan fingerprint density at radius 3 is 2.26 bits per heavy atom. The van der Waals surface area contributed by atoms with Gasteiger partial charge in [0.05, 0.1) is 20.3 Å². The molecule has 1 aromatic rings. The summed E-state index contributed by atoms with van der Waals surface area (Å²) in [5.74, 6) is 1.52. The number of hydrogen-bond acceptors (Lipinski definition) is 6. The third-order valence-corrected chi connectivity index (χ3v) is 2.95. The summed E-state index contributed by atoms with van der Waals surface area (Å²) < 4.78 is 10.2. The summed E-state index contributed by atoms with van der Waals surface area (Å²) in [7, 11) is 5.27. The molecule has 0 atom stereocenters. The average Bonchev–Trinajstić information content (AvgIpc) is 2.42. The minimum absolute atomic E-state index is 0.494. The molecule has 108 valence electrons. The number of ether oxygens (including phenoxy) is 2. The largest absolute Gasteiger partial charge is 0.481 e. The van der Waals surface area contributed by atoms with Gasteiger partial charge >= 0.3 is 0 Å². The van der Waals surface area contributed by atoms with Crippen LogP contribution in [-0.2, 0) is 0 Å². The molecular formula is C13H24N4O2. The Bertz CT molecular complexity index is 363. The van der Waals surface area contributed by atoms with Crippen LogP contribution in [0.5, 0.6) is 11.8 Å². The highest BCUT2D eigenvalue weighted by Crippen LogP contribution is 2.17. The molecule has 0 unspecified atom stereocenters. The molecule has 0 aliphatic heterocycles. The van der Waals surface area contributed by atoms with Gasteiger partial charge in [-0.15, -0.1) is 0 Å². The molecule has 0 aliphatic carbocycles. The topological polar surface area (TPSA) is 59.5 Å². The van der Waals surface area contributed by atoms with Crippen LogP contribution in [-0.4, -0.2) is 55.3 Å². The third-order valence-electron chi connectivity index (χ3n) is 2.95. The summed E-state index contributed by atoms with van der Waals surface area (Å²) in [6.07, 6.45) is 1.03. The van der Waals surface area contributed by atoms with Crippen molar-refractivity contribution in [3.05, 3.63) is 6.07 Å². The van der Waals surface area contributed by atoms with Gasteiger partial charge in [-0.05, 0) is 33.9 Å². The fraction of sp³-hybridized carbons (Fsp3) is 0.692. The van der Waals surface area contributed by atoms with Crippen LogP contribution in [0, 0.1) is 0 Å². The molecule has 0 aromatic carbocycles. The first-order chi connectivity index (χ1) is 9.06. The van der Waals surface area contributed by atoms with E-state index >= 15 is 0 Å². The Labute approximate surface area is 115 Å². The molecule has 0 radical (unpaired) electrons. The summed E-state index contributed by atoms with van der Waals surface area (Å²) in [4.78, 5) is 10.7. The highest BCUT2D eigenvalue weighted by molar-refractivity contribution is 5.33. The van der Waals surface area contributed by atoms with Crippen molar-refractivity contribution in [3.63, 3.8) is 0 Å². The Morgan fingerprint density at radius 1 is 1.21 bits per heavy atom. The third kappa shape index (κ3) is 5.30. The van der Waals surface area contributed by atoms with Gasteiger partial charge in [0.2, 0.25) is 17.7 Å². The molecule has 0 saturated heterocycles. The molecule has 1 rings (SSSR count). The van der Waals surface area contributed by atoms with Crippen LogP contribution >= 0.6 is 0 Å². The lowest BCUT2D eigenvalue weighted by atomic mass is 10.3. The van der Waals surface area contributed by atoms with Crippen molar-refractivity contribution >= 4 is 5.95 Å². The molecule has 1 N–H and O–H groups in total. The lowest BCUT2D eigenvalue weighted by molar-refractivity contribution is 0.273. The molecule has 6 nitrogen and oxygen atoms in total. The van der Waals surface area contributed by atoms with Gasteiger partial charge < -0.3 is 19.7 Å². The smallest absolute Gasteiger partial charge is 0.229 e. The van der Waals surface area contributed by atoms with Crippen LogP contribution < -0.4 is 14.8 Å². The number of hydrogen-bond donors (Lipinski definition) is 1. The van der Waals surface area contributed by atoms with E-state index in [0.29, 0.717) is 23.8 Å². The maximum absolute atomic E-state index is 5.09. The summed E-state index contributed by atoms with van der Waals surface area (Å²) in [5.41, 5.74) is 0. The molecule has 1 heterocycles. The van der Waals surface area contributed by atoms with E-state index < -0.39 is 0 Å². The molecular weight excluding hydrogens is 244 g/mol. The standard InChI is InChI=1S/C13H24N4O2/c1-10(2)17(3)8-6-7-14-13-15-11(18-4)9-12(16-13)19-5/h9-10H,6-8H2,1-5H3,(H,14,15,16). The van der Waals surface area contributed by atoms with Gasteiger partial charge in [0.15, 0.2) is 0 Å². The zero-order chi connectivity index (χ0) is 14.3. The van der Waals surface area contributed by atoms with Crippen LogP contribution in [0.3, 0.4) is 0 Å². The molecule has 0 aliphatic rings. The van der Waals surface area contributed by atoms with E-state index in [1.165, 1.54) is 0 Å². The SMILES string of the molecule is COc1cc(OC)nc(NCCCN(C)C(C)C)n1. The van der Waals surface area contributed by atoms with Crippen molar-refractivity contribution in [1.82, 2.24) is 14.9 Å². The fourth-order valence-corrected chi connectivity index (χ4v) is 1.48. The molecule has 1 aromatic heterocycles. The maximum Gasteiger partial charge on any atom is 0.229 e. The Hall–Kier alpha value is -1.56. The monoisotopic (exact) mass is 268 g/mol. The van der Waals surface area contributed by atoms with Gasteiger partial charge in [0.25, 0.3) is 0 Å². The van der Waals surface area contributed by atoms with E-state index in [9.17, 15) is 0 Å². The normalized spacial score (nSPS) is 10.9. The fourth-order valence-electron chi connectivity index (χ4n) is 1.48. The molecule has 6 heteroatoms. The zero-order valence-electron chi connectivity index (χ0n) is 12.4. The number of nitrogens with one attached hydrogen (secondary N) is 1. The van der Waals surface area contributed by atoms with Crippen molar-refractivity contribution in [1.29, 1.82) is 0 Å². The second-order valence-electron chi connectivity index (χ2n) is 4.63. The molecule has 0 amide bonds. The number of aromatic nitrogens is 2. The zero-order valence-corrected chi connectivity index (χ0v) is 12.4. The quantitative estimate of drug-likeness (QED) is 0.723. The average molecular weight is 268 g/mol. The minimum atomic E-state index is 0.494. The predicted molar refractivity (Wildman–Crippen MR) is 76.0 cm³/mol. The number of rotatable bonds is 8. The summed E-state index contributed by atoms with van der Waals surface area (Å²) in [5, 5.41) is 3.18. The van der Waals surface area contributed by atoms with E-state index in [2.05, 4.69) is 41.1 Å². The number of nitrogens with zero attached hydrogens (tertiary/aromatic N) is 3. The van der Waals surface area contributed by atoms with Gasteiger partial charge in [-0.25, -0.2) is 0 Å². The lowest BCUT2D eigenvalue weighted by Gasteiger charge is -2.20. The van der Waals surface area contributed by atoms with Crippen LogP contribution in [0.1, 0.15) is 20.3 Å². The molecule has 0 spiro atoms. The van der Waals surface area contributed by atoms with Crippen molar-refractivity contribution in [2.45, 2.75) is 26.3 Å². The van der Waals surface area contributed by atoms with Gasteiger partial charge in [-0.2, -0.15) is 9.97 Å². The first-order valence-electron chi connectivity index (χ1n) is 6.48. The van der Waals surface area contributed by atoms with E-state index in [1.807, 2.05) is 0 Å². The Balaban J connectivity index is 2.44. The molecule has 0 fully saturated rings. The van der Waals surface area contributed by atoms with Gasteiger partial charge in [0.1, 0.15) is 0 Å². The molecule has 19 heavy (non-hydrogen) atoms. The number of anilines is 1. The van der Waals surface area contributed by atoms with Crippen LogP contribution in [0.4, 0.5) is 5.95 Å². The van der Waals surface area contributed by atoms with E-state index in [-0.39, 0.29) is 0 Å². The van der Waals surface area contributed by atoms with Crippen molar-refractivity contribution in [3.8, 4) is 11.8 Å². The second kappa shape index (κ2) is 7.78. The van der Waals surface area contributed by atoms with E-state index in [4.69, 9.17) is 9.47 Å².